The molecule has 0 aromatic carbocycles. The van der Waals surface area contributed by atoms with Gasteiger partial charge in [0.2, 0.25) is 0 Å². The maximum atomic E-state index is 4.48. The molecule has 1 fully saturated rings. The van der Waals surface area contributed by atoms with Crippen molar-refractivity contribution in [3.8, 4) is 0 Å². The summed E-state index contributed by atoms with van der Waals surface area (Å²) in [5.41, 5.74) is 1.24. The van der Waals surface area contributed by atoms with Crippen molar-refractivity contribution in [1.82, 2.24) is 34.8 Å². The summed E-state index contributed by atoms with van der Waals surface area (Å²) < 4.78 is 5.38. The summed E-state index contributed by atoms with van der Waals surface area (Å²) in [7, 11) is 2.00. The number of hydrogen-bond donors (Lipinski definition) is 1. The summed E-state index contributed by atoms with van der Waals surface area (Å²) in [4.78, 5) is 2.51. The Morgan fingerprint density at radius 3 is 2.75 bits per heavy atom. The highest BCUT2D eigenvalue weighted by atomic mass is 79.9. The summed E-state index contributed by atoms with van der Waals surface area (Å²) in [6.07, 6.45) is 4.18. The fourth-order valence-corrected chi connectivity index (χ4v) is 4.07. The van der Waals surface area contributed by atoms with E-state index in [0.717, 1.165) is 62.4 Å². The monoisotopic (exact) mass is 415 g/mol. The van der Waals surface area contributed by atoms with Gasteiger partial charge in [0, 0.05) is 32.6 Å². The number of halogens is 2. The van der Waals surface area contributed by atoms with Gasteiger partial charge >= 0.3 is 0 Å². The van der Waals surface area contributed by atoms with Gasteiger partial charge in [0.05, 0.1) is 22.9 Å². The number of fused-ring (bicyclic) bond motifs is 1. The minimum Gasteiger partial charge on any atom is -0.312 e. The van der Waals surface area contributed by atoms with Crippen LogP contribution in [0.15, 0.2) is 10.7 Å². The first-order valence-corrected chi connectivity index (χ1v) is 9.03. The van der Waals surface area contributed by atoms with Crippen LogP contribution in [0, 0.1) is 0 Å². The minimum atomic E-state index is 0. The van der Waals surface area contributed by atoms with E-state index in [9.17, 15) is 0 Å². The number of piperidine rings is 1. The summed E-state index contributed by atoms with van der Waals surface area (Å²) >= 11 is 3.59. The van der Waals surface area contributed by atoms with Crippen LogP contribution >= 0.6 is 28.3 Å². The van der Waals surface area contributed by atoms with Crippen LogP contribution in [0.3, 0.4) is 0 Å². The molecular formula is C15H23BrClN7. The maximum absolute atomic E-state index is 4.48. The molecule has 2 aliphatic rings. The molecular weight excluding hydrogens is 394 g/mol. The third-order valence-electron chi connectivity index (χ3n) is 4.99. The van der Waals surface area contributed by atoms with Gasteiger partial charge in [-0.1, -0.05) is 0 Å². The lowest BCUT2D eigenvalue weighted by molar-refractivity contribution is 0.195. The zero-order chi connectivity index (χ0) is 15.8. The van der Waals surface area contributed by atoms with Gasteiger partial charge in [-0.05, 0) is 41.9 Å². The molecule has 2 aromatic rings. The first kappa shape index (κ1) is 17.8. The molecule has 4 heterocycles. The third kappa shape index (κ3) is 3.37. The van der Waals surface area contributed by atoms with Gasteiger partial charge in [-0.2, -0.15) is 5.10 Å². The smallest absolute Gasteiger partial charge is 0.147 e. The molecule has 0 atom stereocenters. The van der Waals surface area contributed by atoms with Crippen LogP contribution in [0.4, 0.5) is 0 Å². The third-order valence-corrected chi connectivity index (χ3v) is 5.65. The standard InChI is InChI=1S/C15H22BrN7.ClH/c1-21-13(12(16)8-18-21)10-22-5-2-11(3-6-22)15-20-19-14-9-17-4-7-23(14)15;/h8,11,17H,2-7,9-10H2,1H3;1H. The van der Waals surface area contributed by atoms with E-state index in [0.29, 0.717) is 5.92 Å². The quantitative estimate of drug-likeness (QED) is 0.825. The molecule has 7 nitrogen and oxygen atoms in total. The number of hydrogen-bond acceptors (Lipinski definition) is 5. The molecule has 2 aliphatic heterocycles. The zero-order valence-electron chi connectivity index (χ0n) is 13.8. The average Bonchev–Trinajstić information content (AvgIpc) is 3.14. The molecule has 9 heteroatoms. The normalized spacial score (nSPS) is 19.1. The SMILES string of the molecule is Cl.Cn1ncc(Br)c1CN1CCC(c2nnc3n2CCNC3)CC1. The Kier molecular flexibility index (Phi) is 5.59. The molecule has 1 saturated heterocycles. The Hall–Kier alpha value is -0.960. The lowest BCUT2D eigenvalue weighted by Gasteiger charge is -2.32. The van der Waals surface area contributed by atoms with Crippen molar-refractivity contribution in [1.29, 1.82) is 0 Å². The van der Waals surface area contributed by atoms with Crippen LogP contribution in [0.25, 0.3) is 0 Å². The van der Waals surface area contributed by atoms with E-state index < -0.39 is 0 Å². The lowest BCUT2D eigenvalue weighted by Crippen LogP contribution is -2.35. The van der Waals surface area contributed by atoms with Gasteiger partial charge in [0.25, 0.3) is 0 Å². The molecule has 24 heavy (non-hydrogen) atoms. The van der Waals surface area contributed by atoms with Crippen molar-refractivity contribution in [3.05, 3.63) is 28.0 Å². The molecule has 0 amide bonds. The van der Waals surface area contributed by atoms with E-state index in [4.69, 9.17) is 0 Å². The highest BCUT2D eigenvalue weighted by Crippen LogP contribution is 2.29. The molecule has 1 N–H and O–H groups in total. The van der Waals surface area contributed by atoms with Crippen molar-refractivity contribution in [3.63, 3.8) is 0 Å². The Labute approximate surface area is 156 Å². The fourth-order valence-electron chi connectivity index (χ4n) is 3.59. The molecule has 0 aliphatic carbocycles. The Bertz CT molecular complexity index is 671. The van der Waals surface area contributed by atoms with Crippen LogP contribution in [-0.2, 0) is 26.7 Å². The second kappa shape index (κ2) is 7.51. The Morgan fingerprint density at radius 1 is 1.25 bits per heavy atom. The van der Waals surface area contributed by atoms with Gasteiger partial charge < -0.3 is 9.88 Å². The molecule has 2 aromatic heterocycles. The summed E-state index contributed by atoms with van der Waals surface area (Å²) in [5, 5.41) is 16.5. The number of nitrogens with one attached hydrogen (secondary N) is 1. The first-order chi connectivity index (χ1) is 11.2. The second-order valence-corrected chi connectivity index (χ2v) is 7.27. The highest BCUT2D eigenvalue weighted by molar-refractivity contribution is 9.10. The Morgan fingerprint density at radius 2 is 2.04 bits per heavy atom. The fraction of sp³-hybridized carbons (Fsp3) is 0.667. The highest BCUT2D eigenvalue weighted by Gasteiger charge is 2.27. The van der Waals surface area contributed by atoms with Gasteiger partial charge in [0.1, 0.15) is 11.6 Å². The number of likely N-dealkylation sites (tertiary alicyclic amines) is 1. The predicted octanol–water partition coefficient (Wildman–Crippen LogP) is 1.68. The number of aryl methyl sites for hydroxylation is 1. The van der Waals surface area contributed by atoms with Crippen LogP contribution in [0.1, 0.15) is 36.1 Å². The summed E-state index contributed by atoms with van der Waals surface area (Å²) in [6.45, 7) is 6.02. The topological polar surface area (TPSA) is 63.8 Å². The van der Waals surface area contributed by atoms with E-state index in [2.05, 4.69) is 46.0 Å². The van der Waals surface area contributed by atoms with E-state index in [-0.39, 0.29) is 12.4 Å². The average molecular weight is 417 g/mol. The number of nitrogens with zero attached hydrogens (tertiary/aromatic N) is 6. The van der Waals surface area contributed by atoms with Crippen LogP contribution in [0.2, 0.25) is 0 Å². The number of aromatic nitrogens is 5. The first-order valence-electron chi connectivity index (χ1n) is 8.24. The van der Waals surface area contributed by atoms with E-state index >= 15 is 0 Å². The van der Waals surface area contributed by atoms with E-state index in [1.165, 1.54) is 11.5 Å². The van der Waals surface area contributed by atoms with Crippen LogP contribution in [0.5, 0.6) is 0 Å². The van der Waals surface area contributed by atoms with Gasteiger partial charge in [-0.3, -0.25) is 9.58 Å². The van der Waals surface area contributed by atoms with Crippen molar-refractivity contribution < 1.29 is 0 Å². The number of rotatable bonds is 3. The maximum Gasteiger partial charge on any atom is 0.147 e. The summed E-state index contributed by atoms with van der Waals surface area (Å²) in [5.74, 6) is 2.83. The lowest BCUT2D eigenvalue weighted by atomic mass is 9.95. The second-order valence-electron chi connectivity index (χ2n) is 6.42. The molecule has 0 unspecified atom stereocenters. The molecule has 0 bridgehead atoms. The van der Waals surface area contributed by atoms with Crippen molar-refractivity contribution in [2.45, 2.75) is 38.4 Å². The van der Waals surface area contributed by atoms with E-state index in [1.54, 1.807) is 0 Å². The predicted molar refractivity (Wildman–Crippen MR) is 97.1 cm³/mol. The van der Waals surface area contributed by atoms with Crippen LogP contribution < -0.4 is 5.32 Å². The van der Waals surface area contributed by atoms with Crippen molar-refractivity contribution in [2.75, 3.05) is 19.6 Å². The molecule has 0 spiro atoms. The molecule has 0 radical (unpaired) electrons. The minimum absolute atomic E-state index is 0. The van der Waals surface area contributed by atoms with Gasteiger partial charge in [0.15, 0.2) is 0 Å². The molecule has 4 rings (SSSR count). The molecule has 0 saturated carbocycles. The van der Waals surface area contributed by atoms with Crippen molar-refractivity contribution in [2.24, 2.45) is 7.05 Å². The van der Waals surface area contributed by atoms with E-state index in [1.807, 2.05) is 17.9 Å². The van der Waals surface area contributed by atoms with Crippen molar-refractivity contribution >= 4 is 28.3 Å². The molecule has 132 valence electrons. The van der Waals surface area contributed by atoms with Gasteiger partial charge in [-0.15, -0.1) is 22.6 Å². The van der Waals surface area contributed by atoms with Gasteiger partial charge in [-0.25, -0.2) is 0 Å². The van der Waals surface area contributed by atoms with Crippen LogP contribution in [-0.4, -0.2) is 49.1 Å². The Balaban J connectivity index is 0.00000169. The summed E-state index contributed by atoms with van der Waals surface area (Å²) in [6, 6.07) is 0. The zero-order valence-corrected chi connectivity index (χ0v) is 16.2. The largest absolute Gasteiger partial charge is 0.312 e.